The summed E-state index contributed by atoms with van der Waals surface area (Å²) in [5.74, 6) is -0.751. The Kier molecular flexibility index (Phi) is 7.86. The minimum Gasteiger partial charge on any atom is -0.379 e. The number of hydrazone groups is 1. The average molecular weight is 527 g/mol. The lowest BCUT2D eigenvalue weighted by Gasteiger charge is -2.31. The molecule has 1 aromatic carbocycles. The van der Waals surface area contributed by atoms with Crippen LogP contribution in [0.5, 0.6) is 0 Å². The lowest BCUT2D eigenvalue weighted by Crippen LogP contribution is -2.46. The second-order valence-corrected chi connectivity index (χ2v) is 10.6. The monoisotopic (exact) mass is 526 g/mol. The van der Waals surface area contributed by atoms with E-state index in [2.05, 4.69) is 4.90 Å². The van der Waals surface area contributed by atoms with Gasteiger partial charge in [0.2, 0.25) is 0 Å². The second kappa shape index (κ2) is 11.4. The highest BCUT2D eigenvalue weighted by Gasteiger charge is 2.35. The zero-order chi connectivity index (χ0) is 24.9. The standard InChI is InChI=1S/C26H27FN4O3S2/c27-20-7-5-19(6-8-20)22-17-21(23-3-1-15-35-23)28-31(22)25(32)18-30(26(33)24-4-2-16-36-24)10-9-29-11-13-34-14-12-29/h1-8,15-16,22H,9-14,17-18H2. The number of hydrogen-bond donors (Lipinski definition) is 0. The summed E-state index contributed by atoms with van der Waals surface area (Å²) < 4.78 is 19.0. The van der Waals surface area contributed by atoms with E-state index in [9.17, 15) is 14.0 Å². The first kappa shape index (κ1) is 24.8. The number of hydrogen-bond acceptors (Lipinski definition) is 7. The van der Waals surface area contributed by atoms with Gasteiger partial charge in [-0.1, -0.05) is 24.3 Å². The predicted molar refractivity (Wildman–Crippen MR) is 139 cm³/mol. The van der Waals surface area contributed by atoms with Crippen LogP contribution in [0.15, 0.2) is 64.4 Å². The Morgan fingerprint density at radius 1 is 1.06 bits per heavy atom. The van der Waals surface area contributed by atoms with Crippen LogP contribution in [0.1, 0.15) is 32.6 Å². The Morgan fingerprint density at radius 2 is 1.81 bits per heavy atom. The number of rotatable bonds is 8. The van der Waals surface area contributed by atoms with E-state index in [0.29, 0.717) is 37.6 Å². The zero-order valence-corrected chi connectivity index (χ0v) is 21.3. The number of thiophene rings is 2. The molecule has 0 saturated carbocycles. The number of carbonyl (C=O) groups excluding carboxylic acids is 2. The summed E-state index contributed by atoms with van der Waals surface area (Å²) in [5.41, 5.74) is 1.63. The van der Waals surface area contributed by atoms with Crippen molar-refractivity contribution in [1.82, 2.24) is 14.8 Å². The van der Waals surface area contributed by atoms with Gasteiger partial charge >= 0.3 is 0 Å². The number of nitrogens with zero attached hydrogens (tertiary/aromatic N) is 4. The highest BCUT2D eigenvalue weighted by molar-refractivity contribution is 7.12. The summed E-state index contributed by atoms with van der Waals surface area (Å²) in [4.78, 5) is 32.4. The molecule has 188 valence electrons. The number of ether oxygens (including phenoxy) is 1. The normalized spacial score (nSPS) is 18.3. The first-order valence-electron chi connectivity index (χ1n) is 11.9. The summed E-state index contributed by atoms with van der Waals surface area (Å²) in [7, 11) is 0. The maximum atomic E-state index is 13.7. The molecule has 1 atom stereocenters. The lowest BCUT2D eigenvalue weighted by atomic mass is 10.0. The van der Waals surface area contributed by atoms with E-state index in [4.69, 9.17) is 9.84 Å². The van der Waals surface area contributed by atoms with Crippen LogP contribution < -0.4 is 0 Å². The molecule has 0 aliphatic carbocycles. The van der Waals surface area contributed by atoms with E-state index in [1.165, 1.54) is 28.5 Å². The van der Waals surface area contributed by atoms with E-state index in [-0.39, 0.29) is 30.2 Å². The van der Waals surface area contributed by atoms with Crippen molar-refractivity contribution in [3.05, 3.63) is 80.4 Å². The van der Waals surface area contributed by atoms with E-state index in [1.54, 1.807) is 34.4 Å². The molecule has 2 aliphatic rings. The van der Waals surface area contributed by atoms with Crippen LogP contribution in [0, 0.1) is 5.82 Å². The fourth-order valence-corrected chi connectivity index (χ4v) is 5.82. The van der Waals surface area contributed by atoms with E-state index in [1.807, 2.05) is 29.0 Å². The van der Waals surface area contributed by atoms with Gasteiger partial charge in [0.1, 0.15) is 12.4 Å². The third-order valence-electron chi connectivity index (χ3n) is 6.36. The van der Waals surface area contributed by atoms with Gasteiger partial charge in [-0.25, -0.2) is 9.40 Å². The third-order valence-corrected chi connectivity index (χ3v) is 8.14. The Hall–Kier alpha value is -2.92. The van der Waals surface area contributed by atoms with Crippen molar-refractivity contribution in [2.45, 2.75) is 12.5 Å². The van der Waals surface area contributed by atoms with E-state index in [0.717, 1.165) is 29.2 Å². The largest absolute Gasteiger partial charge is 0.379 e. The average Bonchev–Trinajstić information content (AvgIpc) is 3.69. The van der Waals surface area contributed by atoms with Crippen LogP contribution in [-0.2, 0) is 9.53 Å². The molecule has 0 N–H and O–H groups in total. The molecule has 2 amide bonds. The Balaban J connectivity index is 1.37. The maximum absolute atomic E-state index is 13.7. The van der Waals surface area contributed by atoms with Crippen LogP contribution in [0.2, 0.25) is 0 Å². The minimum atomic E-state index is -0.354. The smallest absolute Gasteiger partial charge is 0.264 e. The first-order chi connectivity index (χ1) is 17.6. The molecule has 1 fully saturated rings. The van der Waals surface area contributed by atoms with Crippen LogP contribution >= 0.6 is 22.7 Å². The van der Waals surface area contributed by atoms with Crippen LogP contribution in [0.4, 0.5) is 4.39 Å². The van der Waals surface area contributed by atoms with Gasteiger partial charge in [0.05, 0.1) is 34.7 Å². The second-order valence-electron chi connectivity index (χ2n) is 8.69. The highest BCUT2D eigenvalue weighted by Crippen LogP contribution is 2.34. The number of amides is 2. The molecule has 2 aromatic heterocycles. The van der Waals surface area contributed by atoms with Crippen molar-refractivity contribution in [3.63, 3.8) is 0 Å². The molecular formula is C26H27FN4O3S2. The van der Waals surface area contributed by atoms with Gasteiger partial charge in [-0.3, -0.25) is 14.5 Å². The SMILES string of the molecule is O=C(c1cccs1)N(CCN1CCOCC1)CC(=O)N1N=C(c2cccs2)CC1c1ccc(F)cc1. The van der Waals surface area contributed by atoms with Crippen LogP contribution in [0.25, 0.3) is 0 Å². The topological polar surface area (TPSA) is 65.5 Å². The van der Waals surface area contributed by atoms with Gasteiger partial charge in [0.25, 0.3) is 11.8 Å². The summed E-state index contributed by atoms with van der Waals surface area (Å²) in [6.45, 7) is 3.97. The molecule has 0 radical (unpaired) electrons. The molecular weight excluding hydrogens is 499 g/mol. The molecule has 7 nitrogen and oxygen atoms in total. The van der Waals surface area contributed by atoms with E-state index >= 15 is 0 Å². The Labute approximate surface area is 217 Å². The quantitative estimate of drug-likeness (QED) is 0.443. The van der Waals surface area contributed by atoms with Crippen molar-refractivity contribution >= 4 is 40.2 Å². The summed E-state index contributed by atoms with van der Waals surface area (Å²) in [5, 5.41) is 10.0. The molecule has 1 saturated heterocycles. The summed E-state index contributed by atoms with van der Waals surface area (Å²) >= 11 is 2.93. The fraction of sp³-hybridized carbons (Fsp3) is 0.346. The van der Waals surface area contributed by atoms with Crippen molar-refractivity contribution < 1.29 is 18.7 Å². The van der Waals surface area contributed by atoms with Crippen molar-refractivity contribution in [2.24, 2.45) is 5.10 Å². The van der Waals surface area contributed by atoms with Gasteiger partial charge in [-0.05, 0) is 40.6 Å². The lowest BCUT2D eigenvalue weighted by molar-refractivity contribution is -0.133. The molecule has 0 bridgehead atoms. The number of benzene rings is 1. The maximum Gasteiger partial charge on any atom is 0.264 e. The first-order valence-corrected chi connectivity index (χ1v) is 13.7. The molecule has 2 aliphatic heterocycles. The molecule has 5 rings (SSSR count). The van der Waals surface area contributed by atoms with Crippen molar-refractivity contribution in [2.75, 3.05) is 45.9 Å². The molecule has 10 heteroatoms. The van der Waals surface area contributed by atoms with Crippen molar-refractivity contribution in [3.8, 4) is 0 Å². The van der Waals surface area contributed by atoms with Crippen molar-refractivity contribution in [1.29, 1.82) is 0 Å². The third kappa shape index (κ3) is 5.73. The van der Waals surface area contributed by atoms with Gasteiger partial charge < -0.3 is 9.64 Å². The van der Waals surface area contributed by atoms with Crippen LogP contribution in [0.3, 0.4) is 0 Å². The van der Waals surface area contributed by atoms with Gasteiger partial charge in [-0.2, -0.15) is 5.10 Å². The molecule has 36 heavy (non-hydrogen) atoms. The Morgan fingerprint density at radius 3 is 2.50 bits per heavy atom. The molecule has 4 heterocycles. The molecule has 3 aromatic rings. The number of carbonyl (C=O) groups is 2. The number of morpholine rings is 1. The Bertz CT molecular complexity index is 1190. The van der Waals surface area contributed by atoms with E-state index < -0.39 is 0 Å². The zero-order valence-electron chi connectivity index (χ0n) is 19.7. The minimum absolute atomic E-state index is 0.0833. The van der Waals surface area contributed by atoms with Gasteiger partial charge in [0.15, 0.2) is 0 Å². The summed E-state index contributed by atoms with van der Waals surface area (Å²) in [6.07, 6.45) is 0.532. The highest BCUT2D eigenvalue weighted by atomic mass is 32.1. The van der Waals surface area contributed by atoms with Crippen LogP contribution in [-0.4, -0.2) is 78.3 Å². The molecule has 1 unspecified atom stereocenters. The summed E-state index contributed by atoms with van der Waals surface area (Å²) in [6, 6.07) is 13.4. The van der Waals surface area contributed by atoms with Gasteiger partial charge in [0, 0.05) is 32.6 Å². The van der Waals surface area contributed by atoms with Gasteiger partial charge in [-0.15, -0.1) is 22.7 Å². The fourth-order valence-electron chi connectivity index (χ4n) is 4.41. The molecule has 0 spiro atoms. The predicted octanol–water partition coefficient (Wildman–Crippen LogP) is 4.10. The number of halogens is 1.